The molecule has 0 amide bonds. The van der Waals surface area contributed by atoms with Crippen molar-refractivity contribution < 1.29 is 10.0 Å². The lowest BCUT2D eigenvalue weighted by atomic mass is 10.1. The van der Waals surface area contributed by atoms with E-state index in [1.165, 1.54) is 18.3 Å². The first-order valence-electron chi connectivity index (χ1n) is 7.76. The summed E-state index contributed by atoms with van der Waals surface area (Å²) in [5, 5.41) is 30.7. The molecule has 1 N–H and O–H groups in total. The van der Waals surface area contributed by atoms with Gasteiger partial charge in [-0.25, -0.2) is 0 Å². The molecule has 0 aliphatic carbocycles. The van der Waals surface area contributed by atoms with Crippen LogP contribution in [0.3, 0.4) is 0 Å². The number of nitro groups is 1. The van der Waals surface area contributed by atoms with Gasteiger partial charge >= 0.3 is 0 Å². The zero-order chi connectivity index (χ0) is 20.3. The minimum absolute atomic E-state index is 0.0652. The number of nitro benzene ring substituents is 1. The molecule has 1 aromatic carbocycles. The van der Waals surface area contributed by atoms with E-state index in [4.69, 9.17) is 0 Å². The van der Waals surface area contributed by atoms with Crippen LogP contribution >= 0.6 is 31.9 Å². The van der Waals surface area contributed by atoms with E-state index in [1.807, 2.05) is 13.0 Å². The summed E-state index contributed by atoms with van der Waals surface area (Å²) in [5.41, 5.74) is 0.178. The smallest absolute Gasteiger partial charge is 0.271 e. The van der Waals surface area contributed by atoms with Crippen LogP contribution in [-0.2, 0) is 6.54 Å². The van der Waals surface area contributed by atoms with Crippen molar-refractivity contribution in [3.05, 3.63) is 58.2 Å². The van der Waals surface area contributed by atoms with Gasteiger partial charge in [0.15, 0.2) is 0 Å². The molecular formula is C17H14Br2N4O4. The predicted molar refractivity (Wildman–Crippen MR) is 108 cm³/mol. The predicted octanol–water partition coefficient (Wildman–Crippen LogP) is 4.33. The summed E-state index contributed by atoms with van der Waals surface area (Å²) >= 11 is 6.48. The zero-order valence-electron chi connectivity index (χ0n) is 14.4. The minimum Gasteiger partial charge on any atom is -0.494 e. The molecule has 2 rings (SSSR count). The lowest BCUT2D eigenvalue weighted by molar-refractivity contribution is -0.385. The third-order valence-electron chi connectivity index (χ3n) is 3.83. The number of nitrogens with zero attached hydrogens (tertiary/aromatic N) is 4. The summed E-state index contributed by atoms with van der Waals surface area (Å²) in [7, 11) is 0. The maximum absolute atomic E-state index is 12.3. The molecule has 0 fully saturated rings. The Hall–Kier alpha value is -2.51. The van der Waals surface area contributed by atoms with Crippen molar-refractivity contribution in [2.24, 2.45) is 4.99 Å². The molecule has 2 aromatic rings. The summed E-state index contributed by atoms with van der Waals surface area (Å²) in [4.78, 5) is 27.0. The molecule has 0 atom stereocenters. The second kappa shape index (κ2) is 8.45. The summed E-state index contributed by atoms with van der Waals surface area (Å²) < 4.78 is 1.88. The Kier molecular flexibility index (Phi) is 6.51. The number of hydrogen-bond donors (Lipinski definition) is 1. The van der Waals surface area contributed by atoms with Crippen LogP contribution in [-0.4, -0.2) is 20.8 Å². The van der Waals surface area contributed by atoms with E-state index in [1.54, 1.807) is 6.92 Å². The van der Waals surface area contributed by atoms with Gasteiger partial charge in [-0.15, -0.1) is 0 Å². The first kappa shape index (κ1) is 20.8. The number of pyridine rings is 1. The van der Waals surface area contributed by atoms with Crippen LogP contribution in [0, 0.1) is 28.4 Å². The number of non-ortho nitro benzene ring substituents is 1. The molecule has 0 saturated heterocycles. The largest absolute Gasteiger partial charge is 0.494 e. The van der Waals surface area contributed by atoms with Gasteiger partial charge in [0.05, 0.1) is 25.1 Å². The Morgan fingerprint density at radius 2 is 2.00 bits per heavy atom. The molecule has 0 aliphatic heterocycles. The van der Waals surface area contributed by atoms with Crippen molar-refractivity contribution in [3.8, 4) is 11.9 Å². The highest BCUT2D eigenvalue weighted by molar-refractivity contribution is 9.11. The molecule has 140 valence electrons. The molecule has 1 aromatic heterocycles. The third kappa shape index (κ3) is 4.09. The van der Waals surface area contributed by atoms with Crippen molar-refractivity contribution in [2.75, 3.05) is 0 Å². The maximum atomic E-state index is 12.3. The lowest BCUT2D eigenvalue weighted by Gasteiger charge is -2.13. The van der Waals surface area contributed by atoms with Gasteiger partial charge in [-0.1, -0.05) is 6.92 Å². The SMILES string of the molecule is CCCn1c(O)c(C=Nc2c(Br)cc([N+](=O)[O-])cc2Br)c(C)c(C#N)c1=O. The lowest BCUT2D eigenvalue weighted by Crippen LogP contribution is -2.25. The number of rotatable bonds is 5. The molecule has 1 heterocycles. The van der Waals surface area contributed by atoms with Crippen LogP contribution < -0.4 is 5.56 Å². The zero-order valence-corrected chi connectivity index (χ0v) is 17.5. The quantitative estimate of drug-likeness (QED) is 0.374. The normalized spacial score (nSPS) is 10.9. The van der Waals surface area contributed by atoms with Crippen LogP contribution in [0.15, 0.2) is 30.9 Å². The van der Waals surface area contributed by atoms with Crippen LogP contribution in [0.25, 0.3) is 0 Å². The van der Waals surface area contributed by atoms with Gasteiger partial charge < -0.3 is 5.11 Å². The molecule has 0 radical (unpaired) electrons. The highest BCUT2D eigenvalue weighted by Gasteiger charge is 2.18. The van der Waals surface area contributed by atoms with E-state index < -0.39 is 10.5 Å². The number of aromatic nitrogens is 1. The first-order chi connectivity index (χ1) is 12.7. The Labute approximate surface area is 171 Å². The highest BCUT2D eigenvalue weighted by atomic mass is 79.9. The number of hydrogen-bond acceptors (Lipinski definition) is 6. The average molecular weight is 498 g/mol. The van der Waals surface area contributed by atoms with Crippen LogP contribution in [0.4, 0.5) is 11.4 Å². The Morgan fingerprint density at radius 1 is 1.41 bits per heavy atom. The Balaban J connectivity index is 2.65. The van der Waals surface area contributed by atoms with Gasteiger partial charge in [-0.2, -0.15) is 5.26 Å². The highest BCUT2D eigenvalue weighted by Crippen LogP contribution is 2.37. The summed E-state index contributed by atoms with van der Waals surface area (Å²) in [6, 6.07) is 4.49. The third-order valence-corrected chi connectivity index (χ3v) is 5.04. The van der Waals surface area contributed by atoms with Gasteiger partial charge in [0.1, 0.15) is 11.6 Å². The van der Waals surface area contributed by atoms with Crippen molar-refractivity contribution >= 4 is 49.4 Å². The molecule has 10 heteroatoms. The topological polar surface area (TPSA) is 122 Å². The van der Waals surface area contributed by atoms with Crippen LogP contribution in [0.5, 0.6) is 5.88 Å². The maximum Gasteiger partial charge on any atom is 0.271 e. The molecule has 0 unspecified atom stereocenters. The fourth-order valence-corrected chi connectivity index (χ4v) is 3.83. The monoisotopic (exact) mass is 496 g/mol. The summed E-state index contributed by atoms with van der Waals surface area (Å²) in [5.74, 6) is -0.281. The van der Waals surface area contributed by atoms with Gasteiger partial charge in [0.2, 0.25) is 5.88 Å². The van der Waals surface area contributed by atoms with Crippen molar-refractivity contribution in [1.82, 2.24) is 4.57 Å². The van der Waals surface area contributed by atoms with E-state index >= 15 is 0 Å². The van der Waals surface area contributed by atoms with E-state index in [-0.39, 0.29) is 29.2 Å². The average Bonchev–Trinajstić information content (AvgIpc) is 2.60. The number of halogens is 2. The minimum atomic E-state index is -0.552. The van der Waals surface area contributed by atoms with E-state index in [9.17, 15) is 25.3 Å². The Bertz CT molecular complexity index is 1030. The molecule has 0 bridgehead atoms. The van der Waals surface area contributed by atoms with Crippen molar-refractivity contribution in [1.29, 1.82) is 5.26 Å². The van der Waals surface area contributed by atoms with Crippen molar-refractivity contribution in [3.63, 3.8) is 0 Å². The van der Waals surface area contributed by atoms with Gasteiger partial charge in [-0.3, -0.25) is 24.5 Å². The fourth-order valence-electron chi connectivity index (χ4n) is 2.47. The number of aliphatic imine (C=N–C) groups is 1. The molecule has 27 heavy (non-hydrogen) atoms. The Morgan fingerprint density at radius 3 is 2.48 bits per heavy atom. The van der Waals surface area contributed by atoms with Crippen LogP contribution in [0.1, 0.15) is 30.0 Å². The standard InChI is InChI=1S/C17H14Br2N4O4/c1-3-4-22-16(24)11(7-20)9(2)12(17(22)25)8-21-15-13(18)5-10(23(26)27)6-14(15)19/h5-6,8,25H,3-4H2,1-2H3. The molecular weight excluding hydrogens is 484 g/mol. The number of nitriles is 1. The fraction of sp³-hybridized carbons (Fsp3) is 0.235. The molecule has 0 saturated carbocycles. The molecule has 8 nitrogen and oxygen atoms in total. The van der Waals surface area contributed by atoms with Gasteiger partial charge in [0, 0.05) is 24.9 Å². The molecule has 0 aliphatic rings. The summed E-state index contributed by atoms with van der Waals surface area (Å²) in [6.07, 6.45) is 1.92. The van der Waals surface area contributed by atoms with E-state index in [0.29, 0.717) is 26.6 Å². The van der Waals surface area contributed by atoms with Crippen LogP contribution in [0.2, 0.25) is 0 Å². The first-order valence-corrected chi connectivity index (χ1v) is 9.35. The number of aromatic hydroxyl groups is 1. The van der Waals surface area contributed by atoms with Gasteiger partial charge in [-0.05, 0) is 50.8 Å². The van der Waals surface area contributed by atoms with Gasteiger partial charge in [0.25, 0.3) is 11.2 Å². The van der Waals surface area contributed by atoms with E-state index in [2.05, 4.69) is 36.9 Å². The number of benzene rings is 1. The van der Waals surface area contributed by atoms with E-state index in [0.717, 1.165) is 4.57 Å². The van der Waals surface area contributed by atoms with Crippen molar-refractivity contribution in [2.45, 2.75) is 26.8 Å². The second-order valence-corrected chi connectivity index (χ2v) is 7.29. The molecule has 0 spiro atoms. The summed E-state index contributed by atoms with van der Waals surface area (Å²) in [6.45, 7) is 3.65. The second-order valence-electron chi connectivity index (χ2n) is 5.58.